The number of fused-ring (bicyclic) bond motifs is 1. The van der Waals surface area contributed by atoms with Crippen LogP contribution in [0.3, 0.4) is 0 Å². The molecule has 136 valence electrons. The van der Waals surface area contributed by atoms with Crippen LogP contribution in [0.25, 0.3) is 11.2 Å². The van der Waals surface area contributed by atoms with Crippen LogP contribution >= 0.6 is 0 Å². The van der Waals surface area contributed by atoms with E-state index in [4.69, 9.17) is 9.47 Å². The molecule has 2 aromatic heterocycles. The van der Waals surface area contributed by atoms with Crippen molar-refractivity contribution in [1.82, 2.24) is 19.5 Å². The molecule has 8 nitrogen and oxygen atoms in total. The smallest absolute Gasteiger partial charge is 0.312 e. The number of phenols is 1. The molecule has 0 bridgehead atoms. The van der Waals surface area contributed by atoms with E-state index in [9.17, 15) is 9.50 Å². The molecule has 0 saturated carbocycles. The fourth-order valence-corrected chi connectivity index (χ4v) is 3.04. The van der Waals surface area contributed by atoms with Gasteiger partial charge in [-0.05, 0) is 30.5 Å². The van der Waals surface area contributed by atoms with Crippen LogP contribution in [0.5, 0.6) is 11.5 Å². The van der Waals surface area contributed by atoms with Gasteiger partial charge in [-0.15, -0.1) is 0 Å². The summed E-state index contributed by atoms with van der Waals surface area (Å²) in [6.07, 6.45) is 2.37. The average molecular weight is 359 g/mol. The summed E-state index contributed by atoms with van der Waals surface area (Å²) in [4.78, 5) is 12.0. The number of nitrogens with one attached hydrogen (secondary N) is 1. The summed E-state index contributed by atoms with van der Waals surface area (Å²) in [6, 6.07) is 5.03. The standard InChI is InChI=1S/C17H18FN5O3/c1-25-12-5-4-10(7-11(12)24)8-19-15-14-16(22-17(18)21-15)23(9-20-14)13-3-2-6-26-13/h4-5,7,9,13,24H,2-3,6,8H2,1H3,(H,19,21,22). The molecule has 1 fully saturated rings. The number of aromatic nitrogens is 4. The number of hydrogen-bond donors (Lipinski definition) is 2. The normalized spacial score (nSPS) is 16.9. The SMILES string of the molecule is COc1ccc(CNc2nc(F)nc3c2ncn3C2CCCO2)cc1O. The maximum absolute atomic E-state index is 13.9. The number of halogens is 1. The topological polar surface area (TPSA) is 94.3 Å². The largest absolute Gasteiger partial charge is 0.504 e. The first-order valence-corrected chi connectivity index (χ1v) is 8.27. The van der Waals surface area contributed by atoms with E-state index in [2.05, 4.69) is 20.3 Å². The molecule has 9 heteroatoms. The van der Waals surface area contributed by atoms with Crippen LogP contribution in [-0.4, -0.2) is 38.3 Å². The minimum Gasteiger partial charge on any atom is -0.504 e. The monoisotopic (exact) mass is 359 g/mol. The first-order chi connectivity index (χ1) is 12.7. The number of imidazole rings is 1. The minimum atomic E-state index is -0.836. The fourth-order valence-electron chi connectivity index (χ4n) is 3.04. The zero-order chi connectivity index (χ0) is 18.1. The van der Waals surface area contributed by atoms with Crippen LogP contribution in [0, 0.1) is 6.08 Å². The van der Waals surface area contributed by atoms with E-state index >= 15 is 0 Å². The van der Waals surface area contributed by atoms with Gasteiger partial charge in [0.05, 0.1) is 13.4 Å². The molecule has 0 radical (unpaired) electrons. The van der Waals surface area contributed by atoms with Crippen LogP contribution < -0.4 is 10.1 Å². The third-order valence-electron chi connectivity index (χ3n) is 4.31. The van der Waals surface area contributed by atoms with E-state index in [0.717, 1.165) is 18.4 Å². The van der Waals surface area contributed by atoms with Crippen molar-refractivity contribution in [2.75, 3.05) is 19.0 Å². The van der Waals surface area contributed by atoms with E-state index < -0.39 is 6.08 Å². The van der Waals surface area contributed by atoms with Gasteiger partial charge in [0.15, 0.2) is 28.5 Å². The first kappa shape index (κ1) is 16.5. The van der Waals surface area contributed by atoms with E-state index in [1.165, 1.54) is 7.11 Å². The van der Waals surface area contributed by atoms with Crippen molar-refractivity contribution in [3.05, 3.63) is 36.2 Å². The maximum Gasteiger partial charge on any atom is 0.312 e. The molecule has 3 heterocycles. The number of phenolic OH excluding ortho intramolecular Hbond substituents is 1. The highest BCUT2D eigenvalue weighted by Gasteiger charge is 2.22. The molecule has 0 amide bonds. The second kappa shape index (κ2) is 6.75. The first-order valence-electron chi connectivity index (χ1n) is 8.27. The molecule has 0 spiro atoms. The minimum absolute atomic E-state index is 0.0356. The summed E-state index contributed by atoms with van der Waals surface area (Å²) < 4.78 is 26.3. The number of aromatic hydroxyl groups is 1. The Balaban J connectivity index is 1.61. The second-order valence-electron chi connectivity index (χ2n) is 5.99. The van der Waals surface area contributed by atoms with Crippen LogP contribution in [0.1, 0.15) is 24.6 Å². The van der Waals surface area contributed by atoms with Crippen molar-refractivity contribution >= 4 is 17.0 Å². The molecule has 3 aromatic rings. The molecule has 0 aliphatic carbocycles. The molecule has 1 unspecified atom stereocenters. The Morgan fingerprint density at radius 3 is 3.04 bits per heavy atom. The third kappa shape index (κ3) is 3.01. The zero-order valence-electron chi connectivity index (χ0n) is 14.1. The quantitative estimate of drug-likeness (QED) is 0.676. The van der Waals surface area contributed by atoms with E-state index in [0.29, 0.717) is 35.9 Å². The Bertz CT molecular complexity index is 940. The lowest BCUT2D eigenvalue weighted by Gasteiger charge is -2.12. The summed E-state index contributed by atoms with van der Waals surface area (Å²) in [5.41, 5.74) is 1.65. The van der Waals surface area contributed by atoms with Gasteiger partial charge in [-0.2, -0.15) is 14.4 Å². The number of ether oxygens (including phenoxy) is 2. The van der Waals surface area contributed by atoms with Crippen molar-refractivity contribution in [3.8, 4) is 11.5 Å². The van der Waals surface area contributed by atoms with Crippen molar-refractivity contribution in [2.24, 2.45) is 0 Å². The maximum atomic E-state index is 13.9. The number of benzene rings is 1. The van der Waals surface area contributed by atoms with Gasteiger partial charge in [-0.3, -0.25) is 4.57 Å². The van der Waals surface area contributed by atoms with Gasteiger partial charge in [-0.1, -0.05) is 6.07 Å². The molecule has 1 aromatic carbocycles. The Morgan fingerprint density at radius 1 is 1.42 bits per heavy atom. The van der Waals surface area contributed by atoms with Crippen molar-refractivity contribution in [2.45, 2.75) is 25.6 Å². The fraction of sp³-hybridized carbons (Fsp3) is 0.353. The average Bonchev–Trinajstić information content (AvgIpc) is 3.28. The molecular formula is C17H18FN5O3. The molecule has 1 saturated heterocycles. The molecular weight excluding hydrogens is 341 g/mol. The van der Waals surface area contributed by atoms with Gasteiger partial charge < -0.3 is 19.9 Å². The number of rotatable bonds is 5. The van der Waals surface area contributed by atoms with Crippen LogP contribution in [0.2, 0.25) is 0 Å². The zero-order valence-corrected chi connectivity index (χ0v) is 14.1. The Morgan fingerprint density at radius 2 is 2.31 bits per heavy atom. The molecule has 1 aliphatic rings. The summed E-state index contributed by atoms with van der Waals surface area (Å²) in [5, 5.41) is 12.9. The van der Waals surface area contributed by atoms with Gasteiger partial charge in [0.2, 0.25) is 0 Å². The lowest BCUT2D eigenvalue weighted by molar-refractivity contribution is 0.0592. The van der Waals surface area contributed by atoms with Crippen molar-refractivity contribution in [3.63, 3.8) is 0 Å². The Labute approximate surface area is 148 Å². The molecule has 26 heavy (non-hydrogen) atoms. The van der Waals surface area contributed by atoms with Crippen molar-refractivity contribution in [1.29, 1.82) is 0 Å². The van der Waals surface area contributed by atoms with Gasteiger partial charge in [0.1, 0.15) is 6.23 Å². The summed E-state index contributed by atoms with van der Waals surface area (Å²) in [6.45, 7) is 1.000. The number of hydrogen-bond acceptors (Lipinski definition) is 7. The predicted octanol–water partition coefficient (Wildman–Crippen LogP) is 2.60. The highest BCUT2D eigenvalue weighted by atomic mass is 19.1. The van der Waals surface area contributed by atoms with Gasteiger partial charge in [0.25, 0.3) is 0 Å². The Kier molecular flexibility index (Phi) is 4.29. The summed E-state index contributed by atoms with van der Waals surface area (Å²) >= 11 is 0. The third-order valence-corrected chi connectivity index (χ3v) is 4.31. The number of anilines is 1. The van der Waals surface area contributed by atoms with E-state index in [1.807, 2.05) is 0 Å². The summed E-state index contributed by atoms with van der Waals surface area (Å²) in [5.74, 6) is 0.715. The van der Waals surface area contributed by atoms with Crippen LogP contribution in [-0.2, 0) is 11.3 Å². The van der Waals surface area contributed by atoms with Gasteiger partial charge >= 0.3 is 6.08 Å². The molecule has 1 atom stereocenters. The highest BCUT2D eigenvalue weighted by molar-refractivity contribution is 5.82. The van der Waals surface area contributed by atoms with Crippen LogP contribution in [0.15, 0.2) is 24.5 Å². The number of nitrogens with zero attached hydrogens (tertiary/aromatic N) is 4. The molecule has 1 aliphatic heterocycles. The van der Waals surface area contributed by atoms with Gasteiger partial charge in [-0.25, -0.2) is 4.98 Å². The lowest BCUT2D eigenvalue weighted by atomic mass is 10.2. The molecule has 2 N–H and O–H groups in total. The van der Waals surface area contributed by atoms with Crippen LogP contribution in [0.4, 0.5) is 10.2 Å². The Hall–Kier alpha value is -2.94. The van der Waals surface area contributed by atoms with E-state index in [1.54, 1.807) is 29.1 Å². The lowest BCUT2D eigenvalue weighted by Crippen LogP contribution is -2.09. The highest BCUT2D eigenvalue weighted by Crippen LogP contribution is 2.29. The number of methoxy groups -OCH3 is 1. The predicted molar refractivity (Wildman–Crippen MR) is 91.5 cm³/mol. The molecule has 4 rings (SSSR count). The second-order valence-corrected chi connectivity index (χ2v) is 5.99. The summed E-state index contributed by atoms with van der Waals surface area (Å²) in [7, 11) is 1.48. The van der Waals surface area contributed by atoms with E-state index in [-0.39, 0.29) is 12.0 Å². The van der Waals surface area contributed by atoms with Gasteiger partial charge in [0, 0.05) is 13.2 Å². The van der Waals surface area contributed by atoms with Crippen molar-refractivity contribution < 1.29 is 19.0 Å².